The number of carbonyl (C=O) groups excluding carboxylic acids is 1. The number of amides is 1. The van der Waals surface area contributed by atoms with E-state index in [0.29, 0.717) is 29.3 Å². The summed E-state index contributed by atoms with van der Waals surface area (Å²) >= 11 is 1.34. The first-order valence-electron chi connectivity index (χ1n) is 10.4. The fraction of sp³-hybridized carbons (Fsp3) is 0.391. The molecule has 0 aliphatic carbocycles. The average Bonchev–Trinajstić information content (AvgIpc) is 3.16. The molecule has 166 valence electrons. The van der Waals surface area contributed by atoms with Crippen molar-refractivity contribution in [3.05, 3.63) is 53.1 Å². The normalized spacial score (nSPS) is 11.9. The number of likely N-dealkylation sites (N-methyl/N-ethyl adjacent to an activating group) is 1. The van der Waals surface area contributed by atoms with E-state index in [0.717, 1.165) is 28.9 Å². The maximum absolute atomic E-state index is 13.5. The van der Waals surface area contributed by atoms with E-state index in [2.05, 4.69) is 23.7 Å². The lowest BCUT2D eigenvalue weighted by atomic mass is 10.1. The van der Waals surface area contributed by atoms with E-state index in [1.54, 1.807) is 17.0 Å². The molecule has 0 fully saturated rings. The van der Waals surface area contributed by atoms with Gasteiger partial charge in [-0.1, -0.05) is 37.3 Å². The first-order chi connectivity index (χ1) is 14.7. The molecule has 0 N–H and O–H groups in total. The van der Waals surface area contributed by atoms with Gasteiger partial charge in [-0.2, -0.15) is 0 Å². The highest BCUT2D eigenvalue weighted by atomic mass is 32.2. The van der Waals surface area contributed by atoms with Crippen LogP contribution in [0.25, 0.3) is 10.2 Å². The number of hydrogen-bond acceptors (Lipinski definition) is 6. The van der Waals surface area contributed by atoms with Crippen LogP contribution < -0.4 is 4.90 Å². The predicted molar refractivity (Wildman–Crippen MR) is 128 cm³/mol. The van der Waals surface area contributed by atoms with Crippen molar-refractivity contribution >= 4 is 42.4 Å². The minimum absolute atomic E-state index is 0.129. The highest BCUT2D eigenvalue weighted by Gasteiger charge is 2.24. The molecule has 8 heteroatoms. The lowest BCUT2D eigenvalue weighted by molar-refractivity contribution is 0.0983. The zero-order chi connectivity index (χ0) is 22.8. The van der Waals surface area contributed by atoms with Gasteiger partial charge >= 0.3 is 0 Å². The molecule has 1 aromatic heterocycles. The minimum Gasteiger partial charge on any atom is -0.302 e. The lowest BCUT2D eigenvalue weighted by Crippen LogP contribution is -2.38. The van der Waals surface area contributed by atoms with Crippen LogP contribution in [0.15, 0.2) is 41.3 Å². The Morgan fingerprint density at radius 1 is 1.03 bits per heavy atom. The molecule has 6 nitrogen and oxygen atoms in total. The molecule has 0 saturated carbocycles. The number of sulfone groups is 1. The maximum atomic E-state index is 13.5. The van der Waals surface area contributed by atoms with E-state index >= 15 is 0 Å². The summed E-state index contributed by atoms with van der Waals surface area (Å²) in [4.78, 5) is 22.2. The average molecular weight is 460 g/mol. The number of fused-ring (bicyclic) bond motifs is 1. The zero-order valence-electron chi connectivity index (χ0n) is 18.7. The molecule has 0 bridgehead atoms. The molecular weight excluding hydrogens is 430 g/mol. The van der Waals surface area contributed by atoms with E-state index in [4.69, 9.17) is 0 Å². The maximum Gasteiger partial charge on any atom is 0.260 e. The summed E-state index contributed by atoms with van der Waals surface area (Å²) in [5.41, 5.74) is 3.21. The van der Waals surface area contributed by atoms with Crippen molar-refractivity contribution in [3.63, 3.8) is 0 Å². The third-order valence-corrected chi connectivity index (χ3v) is 7.71. The van der Waals surface area contributed by atoms with Crippen molar-refractivity contribution in [2.75, 3.05) is 37.3 Å². The third kappa shape index (κ3) is 5.14. The van der Waals surface area contributed by atoms with Gasteiger partial charge < -0.3 is 4.90 Å². The first-order valence-corrected chi connectivity index (χ1v) is 13.1. The Hall–Kier alpha value is -2.29. The predicted octanol–water partition coefficient (Wildman–Crippen LogP) is 4.31. The molecule has 0 saturated heterocycles. The Labute approximate surface area is 188 Å². The number of benzene rings is 2. The van der Waals surface area contributed by atoms with Gasteiger partial charge in [0.1, 0.15) is 5.52 Å². The number of nitrogens with zero attached hydrogens (tertiary/aromatic N) is 3. The Kier molecular flexibility index (Phi) is 7.13. The number of aromatic nitrogens is 1. The summed E-state index contributed by atoms with van der Waals surface area (Å²) in [6.07, 6.45) is 1.18. The molecule has 0 spiro atoms. The van der Waals surface area contributed by atoms with Crippen LogP contribution in [0.3, 0.4) is 0 Å². The van der Waals surface area contributed by atoms with Crippen molar-refractivity contribution in [3.8, 4) is 0 Å². The lowest BCUT2D eigenvalue weighted by Gasteiger charge is -2.25. The fourth-order valence-electron chi connectivity index (χ4n) is 3.42. The molecule has 31 heavy (non-hydrogen) atoms. The van der Waals surface area contributed by atoms with Gasteiger partial charge in [0, 0.05) is 24.9 Å². The topological polar surface area (TPSA) is 70.6 Å². The molecule has 1 heterocycles. The molecule has 2 aromatic carbocycles. The summed E-state index contributed by atoms with van der Waals surface area (Å²) < 4.78 is 25.2. The minimum atomic E-state index is -3.43. The van der Waals surface area contributed by atoms with Gasteiger partial charge in [-0.15, -0.1) is 0 Å². The molecule has 3 rings (SSSR count). The smallest absolute Gasteiger partial charge is 0.260 e. The van der Waals surface area contributed by atoms with Crippen LogP contribution in [0.2, 0.25) is 0 Å². The van der Waals surface area contributed by atoms with Crippen molar-refractivity contribution in [1.29, 1.82) is 0 Å². The summed E-state index contributed by atoms with van der Waals surface area (Å²) in [5, 5.41) is 0.515. The van der Waals surface area contributed by atoms with Gasteiger partial charge in [0.15, 0.2) is 15.0 Å². The summed E-state index contributed by atoms with van der Waals surface area (Å²) in [6.45, 7) is 11.1. The highest BCUT2D eigenvalue weighted by molar-refractivity contribution is 7.91. The number of rotatable bonds is 8. The number of thiazole rings is 1. The van der Waals surface area contributed by atoms with Gasteiger partial charge in [-0.05, 0) is 62.3 Å². The van der Waals surface area contributed by atoms with Gasteiger partial charge in [-0.3, -0.25) is 9.69 Å². The van der Waals surface area contributed by atoms with Crippen LogP contribution in [0.1, 0.15) is 35.3 Å². The van der Waals surface area contributed by atoms with Gasteiger partial charge in [0.25, 0.3) is 5.91 Å². The molecule has 3 aromatic rings. The SMILES string of the molecule is CCN(CC)CCN(C(=O)c1ccc(C)c(C)c1)c1nc2c(S(C)(=O)=O)cccc2s1. The van der Waals surface area contributed by atoms with Gasteiger partial charge in [-0.25, -0.2) is 13.4 Å². The number of carbonyl (C=O) groups is 1. The van der Waals surface area contributed by atoms with E-state index in [1.165, 1.54) is 17.6 Å². The third-order valence-electron chi connectivity index (χ3n) is 5.53. The van der Waals surface area contributed by atoms with E-state index < -0.39 is 9.84 Å². The first kappa shape index (κ1) is 23.4. The standard InChI is InChI=1S/C23H29N3O3S2/c1-6-25(7-2)13-14-26(22(27)18-12-11-16(3)17(4)15-18)23-24-21-19(30-23)9-8-10-20(21)31(5,28)29/h8-12,15H,6-7,13-14H2,1-5H3. The van der Waals surface area contributed by atoms with Gasteiger partial charge in [0.2, 0.25) is 0 Å². The second-order valence-corrected chi connectivity index (χ2v) is 10.6. The second-order valence-electron chi connectivity index (χ2n) is 7.65. The summed E-state index contributed by atoms with van der Waals surface area (Å²) in [6, 6.07) is 10.8. The van der Waals surface area contributed by atoms with Crippen LogP contribution >= 0.6 is 11.3 Å². The number of hydrogen-bond donors (Lipinski definition) is 0. The Morgan fingerprint density at radius 3 is 2.35 bits per heavy atom. The van der Waals surface area contributed by atoms with E-state index in [1.807, 2.05) is 38.1 Å². The Balaban J connectivity index is 2.07. The van der Waals surface area contributed by atoms with Gasteiger partial charge in [0.05, 0.1) is 9.60 Å². The largest absolute Gasteiger partial charge is 0.302 e. The Bertz CT molecular complexity index is 1200. The van der Waals surface area contributed by atoms with Crippen LogP contribution in [0, 0.1) is 13.8 Å². The molecule has 0 aliphatic heterocycles. The number of para-hydroxylation sites is 1. The van der Waals surface area contributed by atoms with Crippen LogP contribution in [-0.4, -0.2) is 56.6 Å². The molecular formula is C23H29N3O3S2. The van der Waals surface area contributed by atoms with E-state index in [9.17, 15) is 13.2 Å². The number of aryl methyl sites for hydroxylation is 2. The molecule has 0 aliphatic rings. The van der Waals surface area contributed by atoms with Crippen molar-refractivity contribution in [2.24, 2.45) is 0 Å². The second kappa shape index (κ2) is 9.46. The molecule has 0 unspecified atom stereocenters. The van der Waals surface area contributed by atoms with Crippen LogP contribution in [-0.2, 0) is 9.84 Å². The van der Waals surface area contributed by atoms with Crippen LogP contribution in [0.5, 0.6) is 0 Å². The highest BCUT2D eigenvalue weighted by Crippen LogP contribution is 2.33. The molecule has 0 atom stereocenters. The number of anilines is 1. The van der Waals surface area contributed by atoms with Crippen molar-refractivity contribution < 1.29 is 13.2 Å². The fourth-order valence-corrected chi connectivity index (χ4v) is 5.34. The quantitative estimate of drug-likeness (QED) is 0.502. The summed E-state index contributed by atoms with van der Waals surface area (Å²) in [5.74, 6) is -0.129. The van der Waals surface area contributed by atoms with Crippen molar-refractivity contribution in [1.82, 2.24) is 9.88 Å². The Morgan fingerprint density at radius 2 is 1.74 bits per heavy atom. The monoisotopic (exact) mass is 459 g/mol. The molecule has 1 amide bonds. The molecule has 0 radical (unpaired) electrons. The zero-order valence-corrected chi connectivity index (χ0v) is 20.3. The van der Waals surface area contributed by atoms with Crippen molar-refractivity contribution in [2.45, 2.75) is 32.6 Å². The van der Waals surface area contributed by atoms with E-state index in [-0.39, 0.29) is 10.8 Å². The summed E-state index contributed by atoms with van der Waals surface area (Å²) in [7, 11) is -3.43. The van der Waals surface area contributed by atoms with Crippen LogP contribution in [0.4, 0.5) is 5.13 Å².